The van der Waals surface area contributed by atoms with Crippen molar-refractivity contribution in [1.82, 2.24) is 5.48 Å². The molecule has 1 heterocycles. The summed E-state index contributed by atoms with van der Waals surface area (Å²) in [5.41, 5.74) is 2.40. The molecule has 2 rings (SSSR count). The van der Waals surface area contributed by atoms with Gasteiger partial charge in [-0.25, -0.2) is 4.79 Å². The number of hydrogen-bond acceptors (Lipinski definition) is 5. The van der Waals surface area contributed by atoms with Crippen LogP contribution in [-0.4, -0.2) is 13.1 Å². The van der Waals surface area contributed by atoms with E-state index in [0.717, 1.165) is 0 Å². The molecule has 0 spiro atoms. The SMILES string of the molecule is CONC1=CP(=O)(c2ccccc2)OC1=O. The van der Waals surface area contributed by atoms with E-state index in [-0.39, 0.29) is 5.70 Å². The summed E-state index contributed by atoms with van der Waals surface area (Å²) in [7, 11) is -1.86. The minimum atomic E-state index is -3.22. The minimum Gasteiger partial charge on any atom is -0.400 e. The standard InChI is InChI=1S/C10H10NO4P/c1-14-11-9-7-16(13,15-10(9)12)8-5-3-2-4-6-8/h2-7,11H,1H3. The van der Waals surface area contributed by atoms with E-state index in [1.807, 2.05) is 0 Å². The Labute approximate surface area is 92.5 Å². The molecule has 1 atom stereocenters. The highest BCUT2D eigenvalue weighted by molar-refractivity contribution is 7.71. The quantitative estimate of drug-likeness (QED) is 0.633. The molecule has 1 aliphatic heterocycles. The zero-order valence-electron chi connectivity index (χ0n) is 8.54. The first kappa shape index (κ1) is 10.9. The lowest BCUT2D eigenvalue weighted by Crippen LogP contribution is -2.16. The van der Waals surface area contributed by atoms with E-state index >= 15 is 0 Å². The van der Waals surface area contributed by atoms with Crippen molar-refractivity contribution in [1.29, 1.82) is 0 Å². The van der Waals surface area contributed by atoms with E-state index in [9.17, 15) is 9.36 Å². The average Bonchev–Trinajstić information content (AvgIpc) is 2.57. The number of benzene rings is 1. The van der Waals surface area contributed by atoms with Gasteiger partial charge in [0, 0.05) is 5.82 Å². The third-order valence-corrected chi connectivity index (χ3v) is 4.12. The second kappa shape index (κ2) is 4.12. The molecule has 1 aromatic rings. The van der Waals surface area contributed by atoms with Crippen molar-refractivity contribution < 1.29 is 18.7 Å². The molecule has 1 aliphatic rings. The summed E-state index contributed by atoms with van der Waals surface area (Å²) in [6.07, 6.45) is 0. The number of carbonyl (C=O) groups excluding carboxylic acids is 1. The molecule has 1 aromatic carbocycles. The van der Waals surface area contributed by atoms with Gasteiger partial charge >= 0.3 is 13.3 Å². The lowest BCUT2D eigenvalue weighted by atomic mass is 10.4. The van der Waals surface area contributed by atoms with Gasteiger partial charge < -0.3 is 4.52 Å². The van der Waals surface area contributed by atoms with E-state index in [4.69, 9.17) is 4.52 Å². The Balaban J connectivity index is 2.36. The van der Waals surface area contributed by atoms with Gasteiger partial charge in [0.2, 0.25) is 0 Å². The first-order valence-electron chi connectivity index (χ1n) is 4.57. The van der Waals surface area contributed by atoms with Gasteiger partial charge in [-0.3, -0.25) is 14.9 Å². The third-order valence-electron chi connectivity index (χ3n) is 2.07. The van der Waals surface area contributed by atoms with Gasteiger partial charge in [0.05, 0.1) is 12.4 Å². The molecule has 0 saturated carbocycles. The molecule has 16 heavy (non-hydrogen) atoms. The average molecular weight is 239 g/mol. The van der Waals surface area contributed by atoms with Crippen molar-refractivity contribution in [2.45, 2.75) is 0 Å². The fraction of sp³-hybridized carbons (Fsp3) is 0.100. The predicted octanol–water partition coefficient (Wildman–Crippen LogP) is 1.14. The van der Waals surface area contributed by atoms with Gasteiger partial charge in [0.1, 0.15) is 0 Å². The van der Waals surface area contributed by atoms with E-state index in [1.54, 1.807) is 30.3 Å². The lowest BCUT2D eigenvalue weighted by molar-refractivity contribution is -0.130. The molecule has 0 saturated heterocycles. The van der Waals surface area contributed by atoms with Crippen LogP contribution in [-0.2, 0) is 18.7 Å². The maximum Gasteiger partial charge on any atom is 0.362 e. The van der Waals surface area contributed by atoms with Crippen LogP contribution in [0.1, 0.15) is 0 Å². The Morgan fingerprint density at radius 3 is 2.62 bits per heavy atom. The van der Waals surface area contributed by atoms with Gasteiger partial charge in [-0.15, -0.1) is 0 Å². The maximum atomic E-state index is 12.3. The van der Waals surface area contributed by atoms with Gasteiger partial charge in [0.15, 0.2) is 5.70 Å². The smallest absolute Gasteiger partial charge is 0.362 e. The molecular formula is C10H10NO4P. The molecule has 0 aromatic heterocycles. The Kier molecular flexibility index (Phi) is 2.81. The molecule has 0 aliphatic carbocycles. The van der Waals surface area contributed by atoms with E-state index < -0.39 is 13.3 Å². The topological polar surface area (TPSA) is 64.6 Å². The Bertz CT molecular complexity index is 483. The van der Waals surface area contributed by atoms with Crippen LogP contribution in [0.15, 0.2) is 41.8 Å². The first-order chi connectivity index (χ1) is 7.65. The van der Waals surface area contributed by atoms with Crippen LogP contribution in [0, 0.1) is 0 Å². The predicted molar refractivity (Wildman–Crippen MR) is 58.0 cm³/mol. The normalized spacial score (nSPS) is 23.8. The van der Waals surface area contributed by atoms with Gasteiger partial charge in [-0.2, -0.15) is 0 Å². The molecule has 84 valence electrons. The fourth-order valence-corrected chi connectivity index (χ4v) is 3.10. The van der Waals surface area contributed by atoms with E-state index in [1.165, 1.54) is 12.9 Å². The monoisotopic (exact) mass is 239 g/mol. The van der Waals surface area contributed by atoms with E-state index in [2.05, 4.69) is 10.3 Å². The summed E-state index contributed by atoms with van der Waals surface area (Å²) in [5.74, 6) is 0.600. The number of carbonyl (C=O) groups is 1. The van der Waals surface area contributed by atoms with E-state index in [0.29, 0.717) is 5.30 Å². The van der Waals surface area contributed by atoms with Gasteiger partial charge in [-0.1, -0.05) is 18.2 Å². The van der Waals surface area contributed by atoms with Crippen LogP contribution in [0.3, 0.4) is 0 Å². The molecule has 6 heteroatoms. The largest absolute Gasteiger partial charge is 0.400 e. The summed E-state index contributed by atoms with van der Waals surface area (Å²) < 4.78 is 17.2. The highest BCUT2D eigenvalue weighted by Gasteiger charge is 2.37. The van der Waals surface area contributed by atoms with Crippen molar-refractivity contribution in [3.05, 3.63) is 41.8 Å². The number of hydroxylamine groups is 1. The summed E-state index contributed by atoms with van der Waals surface area (Å²) >= 11 is 0. The summed E-state index contributed by atoms with van der Waals surface area (Å²) in [6.45, 7) is 0. The van der Waals surface area contributed by atoms with Crippen molar-refractivity contribution in [3.8, 4) is 0 Å². The molecule has 0 bridgehead atoms. The highest BCUT2D eigenvalue weighted by Crippen LogP contribution is 2.52. The highest BCUT2D eigenvalue weighted by atomic mass is 31.2. The van der Waals surface area contributed by atoms with Crippen LogP contribution >= 0.6 is 7.37 Å². The van der Waals surface area contributed by atoms with Crippen molar-refractivity contribution in [3.63, 3.8) is 0 Å². The number of rotatable bonds is 3. The van der Waals surface area contributed by atoms with Crippen LogP contribution < -0.4 is 10.8 Å². The van der Waals surface area contributed by atoms with Crippen molar-refractivity contribution in [2.75, 3.05) is 7.11 Å². The van der Waals surface area contributed by atoms with Gasteiger partial charge in [-0.05, 0) is 12.1 Å². The second-order valence-electron chi connectivity index (χ2n) is 3.16. The molecule has 0 radical (unpaired) electrons. The molecular weight excluding hydrogens is 229 g/mol. The van der Waals surface area contributed by atoms with Crippen LogP contribution in [0.25, 0.3) is 0 Å². The summed E-state index contributed by atoms with van der Waals surface area (Å²) in [6, 6.07) is 8.57. The Morgan fingerprint density at radius 1 is 1.31 bits per heavy atom. The lowest BCUT2D eigenvalue weighted by Gasteiger charge is -2.07. The number of nitrogens with one attached hydrogen (secondary N) is 1. The molecule has 5 nitrogen and oxygen atoms in total. The minimum absolute atomic E-state index is 0.0645. The number of hydrogen-bond donors (Lipinski definition) is 1. The summed E-state index contributed by atoms with van der Waals surface area (Å²) in [4.78, 5) is 15.9. The van der Waals surface area contributed by atoms with Crippen molar-refractivity contribution in [2.24, 2.45) is 0 Å². The van der Waals surface area contributed by atoms with Gasteiger partial charge in [0.25, 0.3) is 0 Å². The molecule has 1 unspecified atom stereocenters. The zero-order valence-corrected chi connectivity index (χ0v) is 9.44. The molecule has 0 amide bonds. The third kappa shape index (κ3) is 1.87. The fourth-order valence-electron chi connectivity index (χ4n) is 1.36. The van der Waals surface area contributed by atoms with Crippen LogP contribution in [0.5, 0.6) is 0 Å². The maximum absolute atomic E-state index is 12.3. The Hall–Kier alpha value is -1.58. The molecule has 0 fully saturated rings. The molecule has 1 N–H and O–H groups in total. The van der Waals surface area contributed by atoms with Crippen molar-refractivity contribution >= 4 is 18.6 Å². The Morgan fingerprint density at radius 2 is 2.00 bits per heavy atom. The van der Waals surface area contributed by atoms with Crippen LogP contribution in [0.2, 0.25) is 0 Å². The zero-order chi connectivity index (χ0) is 11.6. The summed E-state index contributed by atoms with van der Waals surface area (Å²) in [5, 5.41) is 0.483. The second-order valence-corrected chi connectivity index (χ2v) is 5.31. The van der Waals surface area contributed by atoms with Crippen LogP contribution in [0.4, 0.5) is 0 Å². The first-order valence-corrected chi connectivity index (χ1v) is 6.26.